The molecule has 3 aromatic rings. The van der Waals surface area contributed by atoms with Crippen molar-refractivity contribution in [2.75, 3.05) is 10.6 Å². The number of benzene rings is 2. The minimum absolute atomic E-state index is 0.299. The third-order valence-corrected chi connectivity index (χ3v) is 3.67. The lowest BCUT2D eigenvalue weighted by Crippen LogP contribution is -2.02. The molecule has 0 aliphatic carbocycles. The zero-order chi connectivity index (χ0) is 16.9. The van der Waals surface area contributed by atoms with E-state index in [4.69, 9.17) is 28.5 Å². The van der Waals surface area contributed by atoms with Crippen LogP contribution in [-0.2, 0) is 0 Å². The fourth-order valence-corrected chi connectivity index (χ4v) is 2.41. The molecular formula is C16H10Cl2N6. The van der Waals surface area contributed by atoms with Gasteiger partial charge in [0.25, 0.3) is 0 Å². The lowest BCUT2D eigenvalue weighted by molar-refractivity contribution is 0.982. The summed E-state index contributed by atoms with van der Waals surface area (Å²) in [6.45, 7) is 0. The molecule has 8 heteroatoms. The van der Waals surface area contributed by atoms with Crippen molar-refractivity contribution in [3.63, 3.8) is 0 Å². The Labute approximate surface area is 148 Å². The summed E-state index contributed by atoms with van der Waals surface area (Å²) in [6, 6.07) is 14.2. The minimum Gasteiger partial charge on any atom is -0.336 e. The van der Waals surface area contributed by atoms with E-state index in [1.165, 1.54) is 6.20 Å². The lowest BCUT2D eigenvalue weighted by Gasteiger charge is -2.10. The van der Waals surface area contributed by atoms with Crippen molar-refractivity contribution >= 4 is 46.3 Å². The first-order valence-electron chi connectivity index (χ1n) is 6.83. The summed E-state index contributed by atoms with van der Waals surface area (Å²) in [5, 5.41) is 23.6. The highest BCUT2D eigenvalue weighted by Gasteiger charge is 2.08. The Hall–Kier alpha value is -2.88. The van der Waals surface area contributed by atoms with Gasteiger partial charge in [0, 0.05) is 5.69 Å². The van der Waals surface area contributed by atoms with Crippen molar-refractivity contribution in [1.29, 1.82) is 5.26 Å². The van der Waals surface area contributed by atoms with Gasteiger partial charge in [0.05, 0.1) is 33.6 Å². The standard InChI is InChI=1S/C16H10Cl2N6/c17-12-2-1-3-13(18)15(12)22-14-9-20-24-16(23-14)21-11-6-4-10(8-19)5-7-11/h1-7,9H,(H2,21,22,23,24). The number of hydrogen-bond acceptors (Lipinski definition) is 6. The second-order valence-electron chi connectivity index (χ2n) is 4.70. The molecular weight excluding hydrogens is 347 g/mol. The summed E-state index contributed by atoms with van der Waals surface area (Å²) in [4.78, 5) is 4.31. The SMILES string of the molecule is N#Cc1ccc(Nc2nncc(Nc3c(Cl)cccc3Cl)n2)cc1. The normalized spacial score (nSPS) is 10.0. The molecule has 0 radical (unpaired) electrons. The second-order valence-corrected chi connectivity index (χ2v) is 5.52. The van der Waals surface area contributed by atoms with Crippen LogP contribution in [0.1, 0.15) is 5.56 Å². The molecule has 0 spiro atoms. The third-order valence-electron chi connectivity index (χ3n) is 3.04. The summed E-state index contributed by atoms with van der Waals surface area (Å²) >= 11 is 12.2. The van der Waals surface area contributed by atoms with E-state index < -0.39 is 0 Å². The van der Waals surface area contributed by atoms with Crippen LogP contribution in [-0.4, -0.2) is 15.2 Å². The van der Waals surface area contributed by atoms with E-state index in [-0.39, 0.29) is 0 Å². The minimum atomic E-state index is 0.299. The molecule has 0 saturated heterocycles. The number of hydrogen-bond donors (Lipinski definition) is 2. The molecule has 0 bridgehead atoms. The molecule has 2 N–H and O–H groups in total. The van der Waals surface area contributed by atoms with Crippen LogP contribution in [0, 0.1) is 11.3 Å². The monoisotopic (exact) mass is 356 g/mol. The van der Waals surface area contributed by atoms with Crippen LogP contribution in [0.25, 0.3) is 0 Å². The van der Waals surface area contributed by atoms with Gasteiger partial charge in [0.1, 0.15) is 0 Å². The van der Waals surface area contributed by atoms with Gasteiger partial charge < -0.3 is 10.6 Å². The van der Waals surface area contributed by atoms with E-state index in [0.29, 0.717) is 33.1 Å². The zero-order valence-electron chi connectivity index (χ0n) is 12.2. The fourth-order valence-electron chi connectivity index (χ4n) is 1.92. The number of para-hydroxylation sites is 1. The summed E-state index contributed by atoms with van der Waals surface area (Å²) in [5.41, 5.74) is 1.86. The summed E-state index contributed by atoms with van der Waals surface area (Å²) in [7, 11) is 0. The maximum atomic E-state index is 8.80. The molecule has 2 aromatic carbocycles. The van der Waals surface area contributed by atoms with E-state index in [0.717, 1.165) is 5.69 Å². The van der Waals surface area contributed by atoms with Crippen molar-refractivity contribution in [3.05, 3.63) is 64.3 Å². The molecule has 0 amide bonds. The average molecular weight is 357 g/mol. The molecule has 0 aliphatic heterocycles. The zero-order valence-corrected chi connectivity index (χ0v) is 13.7. The molecule has 1 aromatic heterocycles. The van der Waals surface area contributed by atoms with E-state index in [1.54, 1.807) is 42.5 Å². The van der Waals surface area contributed by atoms with Gasteiger partial charge in [0.15, 0.2) is 5.82 Å². The molecule has 0 aliphatic rings. The topological polar surface area (TPSA) is 86.5 Å². The predicted molar refractivity (Wildman–Crippen MR) is 94.0 cm³/mol. The quantitative estimate of drug-likeness (QED) is 0.713. The van der Waals surface area contributed by atoms with Crippen LogP contribution < -0.4 is 10.6 Å². The van der Waals surface area contributed by atoms with E-state index in [2.05, 4.69) is 31.9 Å². The Bertz CT molecular complexity index is 885. The molecule has 24 heavy (non-hydrogen) atoms. The maximum Gasteiger partial charge on any atom is 0.249 e. The van der Waals surface area contributed by atoms with E-state index in [9.17, 15) is 0 Å². The number of aromatic nitrogens is 3. The van der Waals surface area contributed by atoms with Crippen LogP contribution in [0.15, 0.2) is 48.7 Å². The lowest BCUT2D eigenvalue weighted by atomic mass is 10.2. The molecule has 0 unspecified atom stereocenters. The first kappa shape index (κ1) is 16.0. The average Bonchev–Trinajstić information content (AvgIpc) is 2.59. The Kier molecular flexibility index (Phi) is 4.75. The summed E-state index contributed by atoms with van der Waals surface area (Å²) < 4.78 is 0. The second kappa shape index (κ2) is 7.13. The highest BCUT2D eigenvalue weighted by molar-refractivity contribution is 6.39. The Morgan fingerprint density at radius 3 is 2.33 bits per heavy atom. The van der Waals surface area contributed by atoms with Crippen LogP contribution in [0.4, 0.5) is 23.1 Å². The van der Waals surface area contributed by atoms with Crippen LogP contribution in [0.5, 0.6) is 0 Å². The molecule has 0 atom stereocenters. The first-order valence-corrected chi connectivity index (χ1v) is 7.59. The Morgan fingerprint density at radius 2 is 1.67 bits per heavy atom. The molecule has 6 nitrogen and oxygen atoms in total. The number of nitrogens with one attached hydrogen (secondary N) is 2. The predicted octanol–water partition coefficient (Wildman–Crippen LogP) is 4.54. The van der Waals surface area contributed by atoms with Crippen molar-refractivity contribution < 1.29 is 0 Å². The van der Waals surface area contributed by atoms with Crippen molar-refractivity contribution in [2.24, 2.45) is 0 Å². The summed E-state index contributed by atoms with van der Waals surface area (Å²) in [6.07, 6.45) is 1.46. The van der Waals surface area contributed by atoms with Gasteiger partial charge in [-0.15, -0.1) is 5.10 Å². The largest absolute Gasteiger partial charge is 0.336 e. The van der Waals surface area contributed by atoms with Gasteiger partial charge in [-0.2, -0.15) is 15.3 Å². The number of anilines is 4. The summed E-state index contributed by atoms with van der Waals surface area (Å²) in [5.74, 6) is 0.740. The van der Waals surface area contributed by atoms with Crippen molar-refractivity contribution in [1.82, 2.24) is 15.2 Å². The van der Waals surface area contributed by atoms with Gasteiger partial charge in [-0.05, 0) is 36.4 Å². The van der Waals surface area contributed by atoms with E-state index in [1.807, 2.05) is 0 Å². The highest BCUT2D eigenvalue weighted by atomic mass is 35.5. The number of nitriles is 1. The van der Waals surface area contributed by atoms with Crippen molar-refractivity contribution in [3.8, 4) is 6.07 Å². The van der Waals surface area contributed by atoms with Gasteiger partial charge >= 0.3 is 0 Å². The van der Waals surface area contributed by atoms with Gasteiger partial charge in [-0.1, -0.05) is 29.3 Å². The van der Waals surface area contributed by atoms with Crippen LogP contribution in [0.3, 0.4) is 0 Å². The maximum absolute atomic E-state index is 8.80. The molecule has 0 fully saturated rings. The van der Waals surface area contributed by atoms with Gasteiger partial charge in [-0.3, -0.25) is 0 Å². The molecule has 1 heterocycles. The van der Waals surface area contributed by atoms with Crippen LogP contribution >= 0.6 is 23.2 Å². The number of halogens is 2. The molecule has 118 valence electrons. The smallest absolute Gasteiger partial charge is 0.249 e. The highest BCUT2D eigenvalue weighted by Crippen LogP contribution is 2.32. The first-order chi connectivity index (χ1) is 11.7. The van der Waals surface area contributed by atoms with Crippen LogP contribution in [0.2, 0.25) is 10.0 Å². The van der Waals surface area contributed by atoms with Gasteiger partial charge in [0.2, 0.25) is 5.95 Å². The number of nitrogens with zero attached hydrogens (tertiary/aromatic N) is 4. The number of rotatable bonds is 4. The molecule has 3 rings (SSSR count). The molecule has 0 saturated carbocycles. The van der Waals surface area contributed by atoms with Gasteiger partial charge in [-0.25, -0.2) is 0 Å². The van der Waals surface area contributed by atoms with Crippen molar-refractivity contribution in [2.45, 2.75) is 0 Å². The Balaban J connectivity index is 1.80. The van der Waals surface area contributed by atoms with E-state index >= 15 is 0 Å². The third kappa shape index (κ3) is 3.71. The Morgan fingerprint density at radius 1 is 0.958 bits per heavy atom. The fraction of sp³-hybridized carbons (Fsp3) is 0.